The Morgan fingerprint density at radius 2 is 1.79 bits per heavy atom. The second-order valence-corrected chi connectivity index (χ2v) is 6.20. The van der Waals surface area contributed by atoms with Crippen LogP contribution in [0.1, 0.15) is 5.56 Å². The molecule has 0 amide bonds. The van der Waals surface area contributed by atoms with Crippen LogP contribution < -0.4 is 0 Å². The number of hydrogen-bond donors (Lipinski definition) is 0. The molecule has 96 valence electrons. The normalized spacial score (nSPS) is 11.8. The third-order valence-electron chi connectivity index (χ3n) is 2.95. The van der Waals surface area contributed by atoms with E-state index in [1.165, 1.54) is 12.4 Å². The molecule has 1 aromatic heterocycles. The molecule has 0 aliphatic carbocycles. The fraction of sp³-hybridized carbons (Fsp3) is 0.0714. The summed E-state index contributed by atoms with van der Waals surface area (Å²) >= 11 is 0. The Hall–Kier alpha value is -2.14. The van der Waals surface area contributed by atoms with Gasteiger partial charge in [-0.2, -0.15) is 17.6 Å². The largest absolute Gasteiger partial charge is 0.282 e. The molecule has 1 heterocycles. The lowest BCUT2D eigenvalue weighted by Gasteiger charge is -2.05. The van der Waals surface area contributed by atoms with Crippen molar-refractivity contribution >= 4 is 20.8 Å². The van der Waals surface area contributed by atoms with E-state index in [9.17, 15) is 8.42 Å². The topological polar surface area (TPSA) is 52.0 Å². The van der Waals surface area contributed by atoms with E-state index in [1.54, 1.807) is 25.1 Å². The zero-order valence-electron chi connectivity index (χ0n) is 10.3. The zero-order valence-corrected chi connectivity index (χ0v) is 11.1. The molecule has 3 aromatic rings. The Bertz CT molecular complexity index is 851. The molecule has 0 saturated heterocycles. The fourth-order valence-corrected chi connectivity index (χ4v) is 3.16. The highest BCUT2D eigenvalue weighted by Gasteiger charge is 2.17. The van der Waals surface area contributed by atoms with Gasteiger partial charge in [0.1, 0.15) is 0 Å². The van der Waals surface area contributed by atoms with E-state index in [-0.39, 0.29) is 4.90 Å². The summed E-state index contributed by atoms with van der Waals surface area (Å²) in [5.41, 5.74) is 0.810. The second kappa shape index (κ2) is 4.20. The van der Waals surface area contributed by atoms with Gasteiger partial charge in [-0.1, -0.05) is 30.3 Å². The lowest BCUT2D eigenvalue weighted by atomic mass is 10.1. The Balaban J connectivity index is 2.18. The van der Waals surface area contributed by atoms with Gasteiger partial charge in [-0.15, -0.1) is 0 Å². The van der Waals surface area contributed by atoms with Crippen molar-refractivity contribution in [3.63, 3.8) is 0 Å². The van der Waals surface area contributed by atoms with Gasteiger partial charge in [-0.05, 0) is 35.4 Å². The minimum atomic E-state index is -3.60. The summed E-state index contributed by atoms with van der Waals surface area (Å²) < 4.78 is 25.8. The molecular formula is C14H12N2O2S. The first kappa shape index (κ1) is 11.9. The average molecular weight is 272 g/mol. The first-order valence-electron chi connectivity index (χ1n) is 5.83. The fourth-order valence-electron chi connectivity index (χ4n) is 1.96. The highest BCUT2D eigenvalue weighted by molar-refractivity contribution is 7.89. The molecule has 0 aliphatic rings. The minimum Gasteiger partial charge on any atom is -0.199 e. The maximum absolute atomic E-state index is 12.4. The highest BCUT2D eigenvalue weighted by atomic mass is 32.2. The SMILES string of the molecule is Cc1cnn(S(=O)(=O)c2ccc3ccccc3c2)c1. The van der Waals surface area contributed by atoms with Crippen LogP contribution in [0, 0.1) is 6.92 Å². The lowest BCUT2D eigenvalue weighted by molar-refractivity contribution is 0.580. The Morgan fingerprint density at radius 3 is 2.47 bits per heavy atom. The summed E-state index contributed by atoms with van der Waals surface area (Å²) in [7, 11) is -3.60. The molecule has 0 unspecified atom stereocenters. The highest BCUT2D eigenvalue weighted by Crippen LogP contribution is 2.20. The minimum absolute atomic E-state index is 0.245. The van der Waals surface area contributed by atoms with Crippen molar-refractivity contribution in [2.75, 3.05) is 0 Å². The smallest absolute Gasteiger partial charge is 0.199 e. The Labute approximate surface area is 111 Å². The van der Waals surface area contributed by atoms with Crippen LogP contribution in [0.5, 0.6) is 0 Å². The van der Waals surface area contributed by atoms with E-state index in [2.05, 4.69) is 5.10 Å². The number of hydrogen-bond acceptors (Lipinski definition) is 3. The van der Waals surface area contributed by atoms with Gasteiger partial charge < -0.3 is 0 Å². The van der Waals surface area contributed by atoms with Crippen LogP contribution in [-0.2, 0) is 10.0 Å². The van der Waals surface area contributed by atoms with Crippen molar-refractivity contribution in [2.24, 2.45) is 0 Å². The molecular weight excluding hydrogens is 260 g/mol. The van der Waals surface area contributed by atoms with Crippen LogP contribution >= 0.6 is 0 Å². The van der Waals surface area contributed by atoms with E-state index in [0.29, 0.717) is 0 Å². The molecule has 0 spiro atoms. The van der Waals surface area contributed by atoms with E-state index >= 15 is 0 Å². The second-order valence-electron chi connectivity index (χ2n) is 4.40. The average Bonchev–Trinajstić information content (AvgIpc) is 2.85. The summed E-state index contributed by atoms with van der Waals surface area (Å²) in [6, 6.07) is 12.7. The maximum atomic E-state index is 12.4. The van der Waals surface area contributed by atoms with E-state index in [0.717, 1.165) is 20.4 Å². The van der Waals surface area contributed by atoms with Crippen LogP contribution in [0.2, 0.25) is 0 Å². The summed E-state index contributed by atoms with van der Waals surface area (Å²) in [5, 5.41) is 5.78. The summed E-state index contributed by atoms with van der Waals surface area (Å²) in [6.07, 6.45) is 3.03. The number of rotatable bonds is 2. The lowest BCUT2D eigenvalue weighted by Crippen LogP contribution is -2.13. The van der Waals surface area contributed by atoms with E-state index in [4.69, 9.17) is 0 Å². The number of benzene rings is 2. The molecule has 0 radical (unpaired) electrons. The molecule has 5 heteroatoms. The predicted molar refractivity (Wildman–Crippen MR) is 73.5 cm³/mol. The summed E-state index contributed by atoms with van der Waals surface area (Å²) in [5.74, 6) is 0. The maximum Gasteiger partial charge on any atom is 0.282 e. The van der Waals surface area contributed by atoms with Crippen molar-refractivity contribution in [3.8, 4) is 0 Å². The van der Waals surface area contributed by atoms with Gasteiger partial charge in [0.2, 0.25) is 0 Å². The molecule has 2 aromatic carbocycles. The van der Waals surface area contributed by atoms with Crippen molar-refractivity contribution in [3.05, 3.63) is 60.4 Å². The van der Waals surface area contributed by atoms with Gasteiger partial charge in [0.15, 0.2) is 0 Å². The van der Waals surface area contributed by atoms with Crippen molar-refractivity contribution in [2.45, 2.75) is 11.8 Å². The first-order valence-corrected chi connectivity index (χ1v) is 7.27. The number of aromatic nitrogens is 2. The quantitative estimate of drug-likeness (QED) is 0.720. The zero-order chi connectivity index (χ0) is 13.5. The van der Waals surface area contributed by atoms with E-state index in [1.807, 2.05) is 24.3 Å². The van der Waals surface area contributed by atoms with Gasteiger partial charge in [0.25, 0.3) is 10.0 Å². The third-order valence-corrected chi connectivity index (χ3v) is 4.50. The molecule has 0 saturated carbocycles. The van der Waals surface area contributed by atoms with Gasteiger partial charge in [0, 0.05) is 6.20 Å². The van der Waals surface area contributed by atoms with Crippen LogP contribution in [0.25, 0.3) is 10.8 Å². The molecule has 0 bridgehead atoms. The summed E-state index contributed by atoms with van der Waals surface area (Å²) in [6.45, 7) is 1.80. The van der Waals surface area contributed by atoms with Crippen LogP contribution in [-0.4, -0.2) is 17.6 Å². The number of aryl methyl sites for hydroxylation is 1. The third kappa shape index (κ3) is 2.02. The molecule has 4 nitrogen and oxygen atoms in total. The molecule has 3 rings (SSSR count). The Kier molecular flexibility index (Phi) is 2.64. The molecule has 0 N–H and O–H groups in total. The molecule has 0 atom stereocenters. The number of nitrogens with zero attached hydrogens (tertiary/aromatic N) is 2. The van der Waals surface area contributed by atoms with Gasteiger partial charge in [0.05, 0.1) is 11.1 Å². The number of fused-ring (bicyclic) bond motifs is 1. The van der Waals surface area contributed by atoms with Crippen LogP contribution in [0.15, 0.2) is 59.8 Å². The van der Waals surface area contributed by atoms with Gasteiger partial charge in [-0.3, -0.25) is 0 Å². The molecule has 19 heavy (non-hydrogen) atoms. The van der Waals surface area contributed by atoms with Crippen molar-refractivity contribution in [1.82, 2.24) is 9.19 Å². The predicted octanol–water partition coefficient (Wildman–Crippen LogP) is 2.58. The van der Waals surface area contributed by atoms with E-state index < -0.39 is 10.0 Å². The van der Waals surface area contributed by atoms with Crippen LogP contribution in [0.4, 0.5) is 0 Å². The molecule has 0 fully saturated rings. The van der Waals surface area contributed by atoms with Gasteiger partial charge in [-0.25, -0.2) is 0 Å². The molecule has 0 aliphatic heterocycles. The van der Waals surface area contributed by atoms with Crippen molar-refractivity contribution < 1.29 is 8.42 Å². The van der Waals surface area contributed by atoms with Gasteiger partial charge >= 0.3 is 0 Å². The Morgan fingerprint density at radius 1 is 1.05 bits per heavy atom. The first-order chi connectivity index (χ1) is 9.07. The monoisotopic (exact) mass is 272 g/mol. The van der Waals surface area contributed by atoms with Crippen molar-refractivity contribution in [1.29, 1.82) is 0 Å². The van der Waals surface area contributed by atoms with Crippen LogP contribution in [0.3, 0.4) is 0 Å². The standard InChI is InChI=1S/C14H12N2O2S/c1-11-9-15-16(10-11)19(17,18)14-7-6-12-4-2-3-5-13(12)8-14/h2-10H,1H3. The summed E-state index contributed by atoms with van der Waals surface area (Å²) in [4.78, 5) is 0.245.